The van der Waals surface area contributed by atoms with Crippen LogP contribution in [0.1, 0.15) is 24.5 Å². The second-order valence-corrected chi connectivity index (χ2v) is 7.10. The molecule has 20 heavy (non-hydrogen) atoms. The molecule has 0 spiro atoms. The van der Waals surface area contributed by atoms with Crippen molar-refractivity contribution in [3.8, 4) is 0 Å². The van der Waals surface area contributed by atoms with Crippen molar-refractivity contribution in [1.29, 1.82) is 0 Å². The highest BCUT2D eigenvalue weighted by atomic mass is 32.2. The lowest BCUT2D eigenvalue weighted by Crippen LogP contribution is -2.36. The summed E-state index contributed by atoms with van der Waals surface area (Å²) < 4.78 is 31.9. The van der Waals surface area contributed by atoms with E-state index in [1.54, 1.807) is 24.3 Å². The van der Waals surface area contributed by atoms with Crippen LogP contribution >= 0.6 is 0 Å². The summed E-state index contributed by atoms with van der Waals surface area (Å²) in [4.78, 5) is 0. The first-order chi connectivity index (χ1) is 9.51. The van der Waals surface area contributed by atoms with Gasteiger partial charge in [0.1, 0.15) is 0 Å². The van der Waals surface area contributed by atoms with Crippen LogP contribution in [0.4, 0.5) is 0 Å². The molecule has 2 rings (SSSR count). The van der Waals surface area contributed by atoms with Gasteiger partial charge in [0.25, 0.3) is 0 Å². The summed E-state index contributed by atoms with van der Waals surface area (Å²) in [6.07, 6.45) is 0.649. The van der Waals surface area contributed by atoms with Crippen molar-refractivity contribution in [3.63, 3.8) is 0 Å². The molecule has 112 valence electrons. The summed E-state index contributed by atoms with van der Waals surface area (Å²) in [6.45, 7) is 3.32. The first-order valence-corrected chi connectivity index (χ1v) is 8.40. The SMILES string of the molecule is CC1CN(S(=O)(=O)Cc2cccc(CO)c2)CCCO1. The van der Waals surface area contributed by atoms with E-state index in [1.807, 2.05) is 6.92 Å². The summed E-state index contributed by atoms with van der Waals surface area (Å²) >= 11 is 0. The smallest absolute Gasteiger partial charge is 0.218 e. The number of aliphatic hydroxyl groups is 1. The van der Waals surface area contributed by atoms with Crippen LogP contribution in [0.5, 0.6) is 0 Å². The predicted molar refractivity (Wildman–Crippen MR) is 76.6 cm³/mol. The first-order valence-electron chi connectivity index (χ1n) is 6.79. The van der Waals surface area contributed by atoms with E-state index >= 15 is 0 Å². The monoisotopic (exact) mass is 299 g/mol. The van der Waals surface area contributed by atoms with Gasteiger partial charge in [0.2, 0.25) is 10.0 Å². The summed E-state index contributed by atoms with van der Waals surface area (Å²) in [5.74, 6) is -0.0342. The number of ether oxygens (including phenoxy) is 1. The van der Waals surface area contributed by atoms with Crippen molar-refractivity contribution in [3.05, 3.63) is 35.4 Å². The molecule has 1 heterocycles. The molecule has 0 amide bonds. The van der Waals surface area contributed by atoms with E-state index in [2.05, 4.69) is 0 Å². The minimum Gasteiger partial charge on any atom is -0.392 e. The number of benzene rings is 1. The Labute approximate surface area is 120 Å². The van der Waals surface area contributed by atoms with Crippen molar-refractivity contribution in [1.82, 2.24) is 4.31 Å². The third kappa shape index (κ3) is 4.02. The molecular formula is C14H21NO4S. The molecule has 0 aromatic heterocycles. The Bertz CT molecular complexity index is 544. The molecule has 5 nitrogen and oxygen atoms in total. The zero-order valence-electron chi connectivity index (χ0n) is 11.7. The van der Waals surface area contributed by atoms with Crippen LogP contribution in [-0.4, -0.2) is 43.6 Å². The fraction of sp³-hybridized carbons (Fsp3) is 0.571. The van der Waals surface area contributed by atoms with E-state index < -0.39 is 10.0 Å². The highest BCUT2D eigenvalue weighted by Crippen LogP contribution is 2.16. The van der Waals surface area contributed by atoms with E-state index in [0.29, 0.717) is 25.3 Å². The summed E-state index contributed by atoms with van der Waals surface area (Å²) in [7, 11) is -3.35. The van der Waals surface area contributed by atoms with Gasteiger partial charge in [-0.2, -0.15) is 4.31 Å². The zero-order chi connectivity index (χ0) is 14.6. The van der Waals surface area contributed by atoms with E-state index in [4.69, 9.17) is 9.84 Å². The van der Waals surface area contributed by atoms with Gasteiger partial charge in [-0.1, -0.05) is 24.3 Å². The van der Waals surface area contributed by atoms with Crippen molar-refractivity contribution in [2.75, 3.05) is 19.7 Å². The van der Waals surface area contributed by atoms with Crippen molar-refractivity contribution in [2.45, 2.75) is 31.8 Å². The lowest BCUT2D eigenvalue weighted by Gasteiger charge is -2.21. The lowest BCUT2D eigenvalue weighted by atomic mass is 10.1. The first kappa shape index (κ1) is 15.4. The Kier molecular flexibility index (Phi) is 5.15. The fourth-order valence-electron chi connectivity index (χ4n) is 2.33. The van der Waals surface area contributed by atoms with E-state index in [0.717, 1.165) is 12.0 Å². The van der Waals surface area contributed by atoms with Crippen LogP contribution in [0.15, 0.2) is 24.3 Å². The van der Waals surface area contributed by atoms with Crippen LogP contribution in [0.3, 0.4) is 0 Å². The Morgan fingerprint density at radius 2 is 2.15 bits per heavy atom. The van der Waals surface area contributed by atoms with Gasteiger partial charge in [-0.25, -0.2) is 8.42 Å². The number of aliphatic hydroxyl groups excluding tert-OH is 1. The molecule has 1 fully saturated rings. The summed E-state index contributed by atoms with van der Waals surface area (Å²) in [5.41, 5.74) is 1.43. The average molecular weight is 299 g/mol. The topological polar surface area (TPSA) is 66.8 Å². The summed E-state index contributed by atoms with van der Waals surface area (Å²) in [6, 6.07) is 7.05. The molecule has 1 aromatic rings. The highest BCUT2D eigenvalue weighted by molar-refractivity contribution is 7.88. The maximum Gasteiger partial charge on any atom is 0.218 e. The molecule has 0 aliphatic carbocycles. The Hall–Kier alpha value is -0.950. The predicted octanol–water partition coefficient (Wildman–Crippen LogP) is 1.12. The second-order valence-electron chi connectivity index (χ2n) is 5.13. The van der Waals surface area contributed by atoms with Crippen LogP contribution < -0.4 is 0 Å². The molecule has 0 radical (unpaired) electrons. The Morgan fingerprint density at radius 1 is 1.40 bits per heavy atom. The van der Waals surface area contributed by atoms with Gasteiger partial charge in [-0.15, -0.1) is 0 Å². The molecule has 1 N–H and O–H groups in total. The molecule has 1 aromatic carbocycles. The van der Waals surface area contributed by atoms with Crippen LogP contribution in [0.2, 0.25) is 0 Å². The molecule has 1 saturated heterocycles. The van der Waals surface area contributed by atoms with E-state index in [1.165, 1.54) is 4.31 Å². The Morgan fingerprint density at radius 3 is 2.90 bits per heavy atom. The van der Waals surface area contributed by atoms with Gasteiger partial charge in [-0.05, 0) is 24.5 Å². The zero-order valence-corrected chi connectivity index (χ0v) is 12.5. The molecule has 0 bridgehead atoms. The average Bonchev–Trinajstić information content (AvgIpc) is 2.63. The number of hydrogen-bond acceptors (Lipinski definition) is 4. The number of hydrogen-bond donors (Lipinski definition) is 1. The summed E-state index contributed by atoms with van der Waals surface area (Å²) in [5, 5.41) is 9.10. The van der Waals surface area contributed by atoms with Crippen LogP contribution in [0, 0.1) is 0 Å². The van der Waals surface area contributed by atoms with Crippen molar-refractivity contribution >= 4 is 10.0 Å². The second kappa shape index (κ2) is 6.67. The van der Waals surface area contributed by atoms with Gasteiger partial charge in [0, 0.05) is 19.7 Å². The van der Waals surface area contributed by atoms with Gasteiger partial charge in [0.15, 0.2) is 0 Å². The van der Waals surface area contributed by atoms with Crippen LogP contribution in [-0.2, 0) is 27.1 Å². The van der Waals surface area contributed by atoms with Gasteiger partial charge in [0.05, 0.1) is 18.5 Å². The molecule has 1 aliphatic rings. The van der Waals surface area contributed by atoms with Gasteiger partial charge < -0.3 is 9.84 Å². The number of rotatable bonds is 4. The van der Waals surface area contributed by atoms with Crippen LogP contribution in [0.25, 0.3) is 0 Å². The minimum atomic E-state index is -3.35. The maximum absolute atomic E-state index is 12.5. The highest BCUT2D eigenvalue weighted by Gasteiger charge is 2.26. The molecule has 1 atom stereocenters. The largest absolute Gasteiger partial charge is 0.392 e. The van der Waals surface area contributed by atoms with Crippen molar-refractivity contribution < 1.29 is 18.3 Å². The Balaban J connectivity index is 2.13. The number of sulfonamides is 1. The molecule has 0 saturated carbocycles. The lowest BCUT2D eigenvalue weighted by molar-refractivity contribution is 0.0752. The quantitative estimate of drug-likeness (QED) is 0.905. The standard InChI is InChI=1S/C14H21NO4S/c1-12-9-15(6-3-7-19-12)20(17,18)11-14-5-2-4-13(8-14)10-16/h2,4-5,8,12,16H,3,6-7,9-11H2,1H3. The normalized spacial score (nSPS) is 21.6. The van der Waals surface area contributed by atoms with Crippen molar-refractivity contribution in [2.24, 2.45) is 0 Å². The van der Waals surface area contributed by atoms with Gasteiger partial charge >= 0.3 is 0 Å². The molecule has 6 heteroatoms. The van der Waals surface area contributed by atoms with Gasteiger partial charge in [-0.3, -0.25) is 0 Å². The molecule has 1 aliphatic heterocycles. The maximum atomic E-state index is 12.5. The third-order valence-electron chi connectivity index (χ3n) is 3.33. The van der Waals surface area contributed by atoms with E-state index in [9.17, 15) is 8.42 Å². The third-order valence-corrected chi connectivity index (χ3v) is 5.15. The molecular weight excluding hydrogens is 278 g/mol. The minimum absolute atomic E-state index is 0.0342. The number of nitrogens with zero attached hydrogens (tertiary/aromatic N) is 1. The molecule has 1 unspecified atom stereocenters. The van der Waals surface area contributed by atoms with E-state index in [-0.39, 0.29) is 18.5 Å². The fourth-order valence-corrected chi connectivity index (χ4v) is 3.96.